The number of ketones is 1. The maximum Gasteiger partial charge on any atom is 0.164 e. The number of rotatable bonds is 7. The molecule has 0 saturated carbocycles. The zero-order valence-corrected chi connectivity index (χ0v) is 10.3. The van der Waals surface area contributed by atoms with E-state index in [1.165, 1.54) is 5.75 Å². The van der Waals surface area contributed by atoms with E-state index in [9.17, 15) is 4.79 Å². The molecule has 1 heterocycles. The Hall–Kier alpha value is -0.700. The van der Waals surface area contributed by atoms with Crippen LogP contribution < -0.4 is 0 Å². The van der Waals surface area contributed by atoms with Crippen molar-refractivity contribution in [2.24, 2.45) is 0 Å². The summed E-state index contributed by atoms with van der Waals surface area (Å²) in [5.41, 5.74) is 0.862. The topological polar surface area (TPSA) is 22.0 Å². The van der Waals surface area contributed by atoms with Gasteiger partial charge in [0.05, 0.1) is 0 Å². The zero-order chi connectivity index (χ0) is 11.1. The predicted octanol–water partition coefficient (Wildman–Crippen LogP) is 3.22. The maximum absolute atomic E-state index is 11.6. The Bertz CT molecular complexity index is 306. The van der Waals surface area contributed by atoms with Gasteiger partial charge in [0, 0.05) is 30.9 Å². The Morgan fingerprint density at radius 2 is 2.33 bits per heavy atom. The van der Waals surface area contributed by atoms with Crippen LogP contribution in [0.5, 0.6) is 0 Å². The zero-order valence-electron chi connectivity index (χ0n) is 9.53. The molecule has 0 atom stereocenters. The summed E-state index contributed by atoms with van der Waals surface area (Å²) >= 11 is 1.86. The van der Waals surface area contributed by atoms with Gasteiger partial charge in [0.1, 0.15) is 0 Å². The van der Waals surface area contributed by atoms with Crippen LogP contribution in [0.1, 0.15) is 36.5 Å². The molecule has 0 aliphatic carbocycles. The van der Waals surface area contributed by atoms with Gasteiger partial charge in [-0.15, -0.1) is 0 Å². The third-order valence-corrected chi connectivity index (χ3v) is 3.01. The first kappa shape index (κ1) is 12.4. The van der Waals surface area contributed by atoms with Crippen LogP contribution >= 0.6 is 11.8 Å². The fraction of sp³-hybridized carbons (Fsp3) is 0.583. The molecule has 0 amide bonds. The first-order valence-corrected chi connectivity index (χ1v) is 6.85. The molecule has 0 aromatic carbocycles. The molecule has 0 saturated heterocycles. The lowest BCUT2D eigenvalue weighted by Gasteiger charge is -2.00. The number of carbonyl (C=O) groups is 1. The average Bonchev–Trinajstić information content (AvgIpc) is 2.67. The normalized spacial score (nSPS) is 10.5. The Morgan fingerprint density at radius 1 is 1.53 bits per heavy atom. The summed E-state index contributed by atoms with van der Waals surface area (Å²) in [6, 6.07) is 1.93. The van der Waals surface area contributed by atoms with E-state index in [0.29, 0.717) is 6.42 Å². The lowest BCUT2D eigenvalue weighted by atomic mass is 10.1. The number of nitrogens with zero attached hydrogens (tertiary/aromatic N) is 1. The second-order valence-electron chi connectivity index (χ2n) is 3.66. The molecule has 1 aromatic heterocycles. The van der Waals surface area contributed by atoms with Crippen molar-refractivity contribution in [1.29, 1.82) is 0 Å². The van der Waals surface area contributed by atoms with Crippen LogP contribution in [0.25, 0.3) is 0 Å². The number of hydrogen-bond acceptors (Lipinski definition) is 2. The van der Waals surface area contributed by atoms with E-state index in [2.05, 4.69) is 10.8 Å². The van der Waals surface area contributed by atoms with Crippen LogP contribution in [0.3, 0.4) is 0 Å². The van der Waals surface area contributed by atoms with Gasteiger partial charge in [-0.3, -0.25) is 4.79 Å². The second-order valence-corrected chi connectivity index (χ2v) is 4.64. The number of hydrogen-bond donors (Lipinski definition) is 0. The van der Waals surface area contributed by atoms with E-state index in [-0.39, 0.29) is 5.78 Å². The molecule has 0 N–H and O–H groups in total. The van der Waals surface area contributed by atoms with Crippen molar-refractivity contribution in [2.45, 2.75) is 32.7 Å². The Labute approximate surface area is 96.1 Å². The number of aromatic nitrogens is 1. The first-order valence-electron chi connectivity index (χ1n) is 5.46. The van der Waals surface area contributed by atoms with Crippen LogP contribution in [-0.2, 0) is 6.54 Å². The van der Waals surface area contributed by atoms with Crippen molar-refractivity contribution in [1.82, 2.24) is 4.57 Å². The third kappa shape index (κ3) is 4.12. The highest BCUT2D eigenvalue weighted by atomic mass is 32.2. The minimum Gasteiger partial charge on any atom is -0.353 e. The molecular weight excluding hydrogens is 206 g/mol. The van der Waals surface area contributed by atoms with Gasteiger partial charge in [-0.1, -0.05) is 6.92 Å². The molecule has 0 aliphatic heterocycles. The summed E-state index contributed by atoms with van der Waals surface area (Å²) in [4.78, 5) is 11.6. The van der Waals surface area contributed by atoms with E-state index in [1.807, 2.05) is 37.1 Å². The molecule has 0 radical (unpaired) electrons. The molecule has 0 fully saturated rings. The van der Waals surface area contributed by atoms with Gasteiger partial charge in [0.15, 0.2) is 5.78 Å². The fourth-order valence-corrected chi connectivity index (χ4v) is 1.93. The van der Waals surface area contributed by atoms with Gasteiger partial charge < -0.3 is 4.57 Å². The number of carbonyl (C=O) groups excluding carboxylic acids is 1. The quantitative estimate of drug-likeness (QED) is 0.525. The highest BCUT2D eigenvalue weighted by Gasteiger charge is 2.05. The van der Waals surface area contributed by atoms with Gasteiger partial charge in [0.25, 0.3) is 0 Å². The average molecular weight is 225 g/mol. The van der Waals surface area contributed by atoms with E-state index in [1.54, 1.807) is 0 Å². The van der Waals surface area contributed by atoms with Crippen molar-refractivity contribution in [3.05, 3.63) is 24.0 Å². The van der Waals surface area contributed by atoms with Crippen LogP contribution in [0.15, 0.2) is 18.5 Å². The van der Waals surface area contributed by atoms with E-state index >= 15 is 0 Å². The Morgan fingerprint density at radius 3 is 3.00 bits per heavy atom. The Balaban J connectivity index is 2.45. The smallest absolute Gasteiger partial charge is 0.164 e. The molecule has 0 aliphatic rings. The number of aryl methyl sites for hydroxylation is 1. The van der Waals surface area contributed by atoms with E-state index in [4.69, 9.17) is 0 Å². The lowest BCUT2D eigenvalue weighted by molar-refractivity contribution is 0.0981. The molecule has 3 heteroatoms. The van der Waals surface area contributed by atoms with E-state index in [0.717, 1.165) is 24.9 Å². The van der Waals surface area contributed by atoms with Crippen molar-refractivity contribution < 1.29 is 4.79 Å². The van der Waals surface area contributed by atoms with E-state index < -0.39 is 0 Å². The standard InChI is InChI=1S/C12H19NOS/c1-3-5-12(14)11-6-8-13(10-11)7-4-9-15-2/h6,8,10H,3-5,7,9H2,1-2H3. The minimum atomic E-state index is 0.265. The van der Waals surface area contributed by atoms with Crippen LogP contribution in [0, 0.1) is 0 Å². The van der Waals surface area contributed by atoms with Gasteiger partial charge in [-0.25, -0.2) is 0 Å². The monoisotopic (exact) mass is 225 g/mol. The number of thioether (sulfide) groups is 1. The molecule has 2 nitrogen and oxygen atoms in total. The largest absolute Gasteiger partial charge is 0.353 e. The highest BCUT2D eigenvalue weighted by molar-refractivity contribution is 7.98. The molecule has 1 aromatic rings. The third-order valence-electron chi connectivity index (χ3n) is 2.31. The minimum absolute atomic E-state index is 0.265. The molecule has 15 heavy (non-hydrogen) atoms. The summed E-state index contributed by atoms with van der Waals surface area (Å²) in [7, 11) is 0. The molecule has 1 rings (SSSR count). The predicted molar refractivity (Wildman–Crippen MR) is 66.7 cm³/mol. The van der Waals surface area contributed by atoms with Gasteiger partial charge in [0.2, 0.25) is 0 Å². The summed E-state index contributed by atoms with van der Waals surface area (Å²) in [6.07, 6.45) is 8.84. The maximum atomic E-state index is 11.6. The van der Waals surface area contributed by atoms with Crippen molar-refractivity contribution in [2.75, 3.05) is 12.0 Å². The van der Waals surface area contributed by atoms with Gasteiger partial charge in [-0.2, -0.15) is 11.8 Å². The molecule has 0 spiro atoms. The van der Waals surface area contributed by atoms with Crippen molar-refractivity contribution in [3.63, 3.8) is 0 Å². The summed E-state index contributed by atoms with van der Waals surface area (Å²) in [6.45, 7) is 3.05. The molecule has 0 unspecified atom stereocenters. The van der Waals surface area contributed by atoms with Crippen LogP contribution in [0.2, 0.25) is 0 Å². The fourth-order valence-electron chi connectivity index (χ4n) is 1.51. The SMILES string of the molecule is CCCC(=O)c1ccn(CCCSC)c1. The van der Waals surface area contributed by atoms with Gasteiger partial charge in [-0.05, 0) is 30.9 Å². The van der Waals surface area contributed by atoms with Gasteiger partial charge >= 0.3 is 0 Å². The van der Waals surface area contributed by atoms with Crippen LogP contribution in [0.4, 0.5) is 0 Å². The summed E-state index contributed by atoms with van der Waals surface area (Å²) < 4.78 is 2.11. The summed E-state index contributed by atoms with van der Waals surface area (Å²) in [5, 5.41) is 0. The lowest BCUT2D eigenvalue weighted by Crippen LogP contribution is -1.98. The van der Waals surface area contributed by atoms with Crippen molar-refractivity contribution >= 4 is 17.5 Å². The van der Waals surface area contributed by atoms with Crippen LogP contribution in [-0.4, -0.2) is 22.4 Å². The number of Topliss-reactive ketones (excluding diaryl/α,β-unsaturated/α-hetero) is 1. The molecule has 84 valence electrons. The second kappa shape index (κ2) is 6.72. The Kier molecular flexibility index (Phi) is 5.54. The summed E-state index contributed by atoms with van der Waals surface area (Å²) in [5.74, 6) is 1.44. The van der Waals surface area contributed by atoms with Crippen molar-refractivity contribution in [3.8, 4) is 0 Å². The first-order chi connectivity index (χ1) is 7.27. The highest BCUT2D eigenvalue weighted by Crippen LogP contribution is 2.08. The molecular formula is C12H19NOS. The molecule has 0 bridgehead atoms.